The molecule has 0 saturated heterocycles. The van der Waals surface area contributed by atoms with Crippen LogP contribution in [0.2, 0.25) is 5.02 Å². The fourth-order valence-electron chi connectivity index (χ4n) is 4.98. The maximum absolute atomic E-state index is 13.7. The number of benzene rings is 4. The van der Waals surface area contributed by atoms with Crippen molar-refractivity contribution in [3.8, 4) is 40.3 Å². The number of hydrogen-bond acceptors (Lipinski definition) is 9. The number of nitrogens with zero attached hydrogens (tertiary/aromatic N) is 3. The van der Waals surface area contributed by atoms with Crippen LogP contribution in [0.25, 0.3) is 33.5 Å². The molecule has 0 amide bonds. The molecule has 0 N–H and O–H groups in total. The normalized spacial score (nSPS) is 12.3. The molecule has 0 atom stereocenters. The van der Waals surface area contributed by atoms with Gasteiger partial charge in [-0.05, 0) is 65.7 Å². The lowest BCUT2D eigenvalue weighted by atomic mass is 10.2. The van der Waals surface area contributed by atoms with Gasteiger partial charge in [-0.2, -0.15) is 9.78 Å². The second-order valence-electron chi connectivity index (χ2n) is 9.81. The van der Waals surface area contributed by atoms with Crippen molar-refractivity contribution < 1.29 is 28.1 Å². The molecule has 6 aromatic rings. The lowest BCUT2D eigenvalue weighted by molar-refractivity contribution is 0.174. The van der Waals surface area contributed by atoms with Crippen LogP contribution < -0.4 is 29.2 Å². The van der Waals surface area contributed by atoms with Crippen molar-refractivity contribution in [2.24, 2.45) is 5.10 Å². The van der Waals surface area contributed by atoms with Crippen LogP contribution in [-0.2, 0) is 6.61 Å². The maximum atomic E-state index is 13.7. The van der Waals surface area contributed by atoms with Gasteiger partial charge in [-0.25, -0.2) is 4.98 Å². The number of methoxy groups -OCH3 is 2. The summed E-state index contributed by atoms with van der Waals surface area (Å²) in [6, 6.07) is 23.3. The van der Waals surface area contributed by atoms with Crippen LogP contribution in [0.3, 0.4) is 0 Å². The van der Waals surface area contributed by atoms with Crippen LogP contribution in [0, 0.1) is 0 Å². The first kappa shape index (κ1) is 27.4. The number of hydrogen-bond donors (Lipinski definition) is 0. The SMILES string of the molecule is COc1cc(C=Nn2c(-c3cc4c(OC)cccc4o3)nc3ccccc3c2=O)cc(Cl)c1OCc1ccc2c(c1)OCO2. The molecule has 7 rings (SSSR count). The molecule has 10 nitrogen and oxygen atoms in total. The average Bonchev–Trinajstić information content (AvgIpc) is 3.70. The molecule has 3 heterocycles. The molecule has 44 heavy (non-hydrogen) atoms. The first-order valence-corrected chi connectivity index (χ1v) is 13.9. The van der Waals surface area contributed by atoms with Gasteiger partial charge in [0.15, 0.2) is 28.8 Å². The highest BCUT2D eigenvalue weighted by atomic mass is 35.5. The van der Waals surface area contributed by atoms with E-state index in [4.69, 9.17) is 44.7 Å². The van der Waals surface area contributed by atoms with Crippen LogP contribution in [0.15, 0.2) is 93.2 Å². The summed E-state index contributed by atoms with van der Waals surface area (Å²) in [6.45, 7) is 0.419. The number of aromatic nitrogens is 2. The van der Waals surface area contributed by atoms with Gasteiger partial charge in [-0.15, -0.1) is 0 Å². The monoisotopic (exact) mass is 609 g/mol. The molecule has 0 radical (unpaired) electrons. The van der Waals surface area contributed by atoms with E-state index in [1.807, 2.05) is 42.5 Å². The minimum Gasteiger partial charge on any atom is -0.496 e. The summed E-state index contributed by atoms with van der Waals surface area (Å²) in [5, 5.41) is 5.99. The van der Waals surface area contributed by atoms with E-state index >= 15 is 0 Å². The topological polar surface area (TPSA) is 107 Å². The minimum absolute atomic E-state index is 0.193. The standard InChI is InChI=1S/C33H24ClN3O7/c1-39-25-8-5-9-26-22(25)15-30(44-26)32-36-24-7-4-3-6-21(24)33(38)37(32)35-16-20-12-23(34)31(29(14-20)40-2)41-17-19-10-11-27-28(13-19)43-18-42-27/h3-16H,17-18H2,1-2H3. The van der Waals surface area contributed by atoms with E-state index in [9.17, 15) is 4.79 Å². The Bertz CT molecular complexity index is 2140. The molecule has 0 bridgehead atoms. The molecule has 4 aromatic carbocycles. The summed E-state index contributed by atoms with van der Waals surface area (Å²) in [6.07, 6.45) is 1.50. The summed E-state index contributed by atoms with van der Waals surface area (Å²) >= 11 is 6.65. The molecule has 0 unspecified atom stereocenters. The third-order valence-electron chi connectivity index (χ3n) is 7.11. The van der Waals surface area contributed by atoms with Crippen LogP contribution in [0.5, 0.6) is 28.7 Å². The van der Waals surface area contributed by atoms with Gasteiger partial charge in [0.1, 0.15) is 17.9 Å². The number of furan rings is 1. The van der Waals surface area contributed by atoms with E-state index in [1.165, 1.54) is 18.0 Å². The third-order valence-corrected chi connectivity index (χ3v) is 7.39. The molecular weight excluding hydrogens is 586 g/mol. The van der Waals surface area contributed by atoms with Gasteiger partial charge in [0.2, 0.25) is 12.6 Å². The first-order chi connectivity index (χ1) is 21.5. The van der Waals surface area contributed by atoms with E-state index < -0.39 is 0 Å². The van der Waals surface area contributed by atoms with Gasteiger partial charge < -0.3 is 28.1 Å². The van der Waals surface area contributed by atoms with Crippen molar-refractivity contribution in [3.63, 3.8) is 0 Å². The van der Waals surface area contributed by atoms with Crippen molar-refractivity contribution in [2.75, 3.05) is 21.0 Å². The smallest absolute Gasteiger partial charge is 0.282 e. The van der Waals surface area contributed by atoms with E-state index in [-0.39, 0.29) is 24.8 Å². The van der Waals surface area contributed by atoms with Gasteiger partial charge in [-0.1, -0.05) is 35.9 Å². The van der Waals surface area contributed by atoms with Gasteiger partial charge in [-0.3, -0.25) is 4.79 Å². The zero-order valence-corrected chi connectivity index (χ0v) is 24.3. The zero-order chi connectivity index (χ0) is 30.2. The van der Waals surface area contributed by atoms with Gasteiger partial charge in [0, 0.05) is 0 Å². The molecule has 0 fully saturated rings. The molecular formula is C33H24ClN3O7. The van der Waals surface area contributed by atoms with Crippen molar-refractivity contribution in [3.05, 3.63) is 105 Å². The Balaban J connectivity index is 1.25. The molecule has 0 spiro atoms. The molecule has 0 aliphatic carbocycles. The highest BCUT2D eigenvalue weighted by Gasteiger charge is 2.19. The number of ether oxygens (including phenoxy) is 5. The van der Waals surface area contributed by atoms with Crippen molar-refractivity contribution in [1.29, 1.82) is 0 Å². The highest BCUT2D eigenvalue weighted by Crippen LogP contribution is 2.38. The Kier molecular flexibility index (Phi) is 7.03. The maximum Gasteiger partial charge on any atom is 0.282 e. The Labute approximate surface area is 255 Å². The largest absolute Gasteiger partial charge is 0.496 e. The molecule has 1 aliphatic heterocycles. The summed E-state index contributed by atoms with van der Waals surface area (Å²) in [5.74, 6) is 3.33. The van der Waals surface area contributed by atoms with Crippen LogP contribution >= 0.6 is 11.6 Å². The number of halogens is 1. The Morgan fingerprint density at radius 2 is 1.77 bits per heavy atom. The predicted molar refractivity (Wildman–Crippen MR) is 166 cm³/mol. The molecule has 2 aromatic heterocycles. The van der Waals surface area contributed by atoms with E-state index in [2.05, 4.69) is 5.10 Å². The zero-order valence-electron chi connectivity index (χ0n) is 23.6. The Morgan fingerprint density at radius 3 is 2.64 bits per heavy atom. The van der Waals surface area contributed by atoms with Crippen molar-refractivity contribution in [2.45, 2.75) is 6.61 Å². The third kappa shape index (κ3) is 4.95. The molecule has 11 heteroatoms. The fourth-order valence-corrected chi connectivity index (χ4v) is 5.25. The lowest BCUT2D eigenvalue weighted by Crippen LogP contribution is -2.20. The van der Waals surface area contributed by atoms with E-state index in [1.54, 1.807) is 43.5 Å². The average molecular weight is 610 g/mol. The van der Waals surface area contributed by atoms with Crippen LogP contribution in [0.4, 0.5) is 0 Å². The fraction of sp³-hybridized carbons (Fsp3) is 0.121. The van der Waals surface area contributed by atoms with Crippen LogP contribution in [0.1, 0.15) is 11.1 Å². The summed E-state index contributed by atoms with van der Waals surface area (Å²) < 4.78 is 35.2. The van der Waals surface area contributed by atoms with Crippen molar-refractivity contribution in [1.82, 2.24) is 9.66 Å². The van der Waals surface area contributed by atoms with E-state index in [0.29, 0.717) is 61.6 Å². The van der Waals surface area contributed by atoms with Gasteiger partial charge >= 0.3 is 0 Å². The number of para-hydroxylation sites is 1. The summed E-state index contributed by atoms with van der Waals surface area (Å²) in [5.41, 5.74) is 2.18. The van der Waals surface area contributed by atoms with Crippen molar-refractivity contribution >= 4 is 39.7 Å². The second kappa shape index (κ2) is 11.3. The first-order valence-electron chi connectivity index (χ1n) is 13.5. The molecule has 0 saturated carbocycles. The second-order valence-corrected chi connectivity index (χ2v) is 10.2. The van der Waals surface area contributed by atoms with Gasteiger partial charge in [0.25, 0.3) is 5.56 Å². The molecule has 220 valence electrons. The quantitative estimate of drug-likeness (QED) is 0.176. The Morgan fingerprint density at radius 1 is 0.932 bits per heavy atom. The molecule has 1 aliphatic rings. The Hall–Kier alpha value is -5.48. The summed E-state index contributed by atoms with van der Waals surface area (Å²) in [4.78, 5) is 18.4. The predicted octanol–water partition coefficient (Wildman–Crippen LogP) is 6.67. The van der Waals surface area contributed by atoms with E-state index in [0.717, 1.165) is 10.9 Å². The van der Waals surface area contributed by atoms with Crippen LogP contribution in [-0.4, -0.2) is 36.9 Å². The van der Waals surface area contributed by atoms with Gasteiger partial charge in [0.05, 0.1) is 41.7 Å². The minimum atomic E-state index is -0.365. The lowest BCUT2D eigenvalue weighted by Gasteiger charge is -2.13. The summed E-state index contributed by atoms with van der Waals surface area (Å²) in [7, 11) is 3.11. The number of fused-ring (bicyclic) bond motifs is 3. The number of rotatable bonds is 8. The highest BCUT2D eigenvalue weighted by molar-refractivity contribution is 6.32.